The second kappa shape index (κ2) is 9.35. The Hall–Kier alpha value is -2.98. The van der Waals surface area contributed by atoms with Gasteiger partial charge in [0.05, 0.1) is 0 Å². The van der Waals surface area contributed by atoms with Crippen LogP contribution in [0.25, 0.3) is 0 Å². The lowest BCUT2D eigenvalue weighted by molar-refractivity contribution is 0.857. The fraction of sp³-hybridized carbons (Fsp3) is 0.167. The van der Waals surface area contributed by atoms with Gasteiger partial charge in [0.25, 0.3) is 0 Å². The van der Waals surface area contributed by atoms with Crippen molar-refractivity contribution in [3.05, 3.63) is 102 Å². The van der Waals surface area contributed by atoms with Crippen LogP contribution in [0.3, 0.4) is 0 Å². The summed E-state index contributed by atoms with van der Waals surface area (Å²) >= 11 is 0. The van der Waals surface area contributed by atoms with Gasteiger partial charge in [-0.25, -0.2) is 0 Å². The van der Waals surface area contributed by atoms with Crippen molar-refractivity contribution in [3.63, 3.8) is 0 Å². The largest absolute Gasteiger partial charge is 0.381 e. The number of unbranched alkanes of at least 4 members (excludes halogenated alkanes) is 1. The summed E-state index contributed by atoms with van der Waals surface area (Å²) < 4.78 is 0. The van der Waals surface area contributed by atoms with Crippen LogP contribution in [-0.2, 0) is 13.0 Å². The van der Waals surface area contributed by atoms with Crippen LogP contribution in [-0.4, -0.2) is 0 Å². The fourth-order valence-electron chi connectivity index (χ4n) is 2.76. The Morgan fingerprint density at radius 2 is 1.40 bits per heavy atom. The zero-order chi connectivity index (χ0) is 17.2. The molecule has 3 aromatic carbocycles. The molecule has 124 valence electrons. The summed E-state index contributed by atoms with van der Waals surface area (Å²) in [6.45, 7) is 0.853. The van der Waals surface area contributed by atoms with Crippen molar-refractivity contribution in [2.75, 3.05) is 5.32 Å². The van der Waals surface area contributed by atoms with Crippen LogP contribution >= 0.6 is 0 Å². The molecule has 0 bridgehead atoms. The van der Waals surface area contributed by atoms with Gasteiger partial charge < -0.3 is 5.32 Å². The molecule has 0 fully saturated rings. The van der Waals surface area contributed by atoms with Crippen molar-refractivity contribution >= 4 is 5.69 Å². The van der Waals surface area contributed by atoms with Crippen molar-refractivity contribution in [1.29, 1.82) is 0 Å². The van der Waals surface area contributed by atoms with Crippen molar-refractivity contribution in [2.24, 2.45) is 0 Å². The number of rotatable bonds is 6. The first-order valence-corrected chi connectivity index (χ1v) is 8.81. The zero-order valence-electron chi connectivity index (χ0n) is 14.4. The van der Waals surface area contributed by atoms with Crippen LogP contribution in [0.15, 0.2) is 84.9 Å². The third-order valence-corrected chi connectivity index (χ3v) is 4.10. The maximum Gasteiger partial charge on any atom is 0.0400 e. The van der Waals surface area contributed by atoms with Gasteiger partial charge in [-0.15, -0.1) is 0 Å². The summed E-state index contributed by atoms with van der Waals surface area (Å²) in [5.74, 6) is 6.51. The first-order valence-electron chi connectivity index (χ1n) is 8.81. The summed E-state index contributed by atoms with van der Waals surface area (Å²) in [4.78, 5) is 0. The lowest BCUT2D eigenvalue weighted by Crippen LogP contribution is -2.02. The normalized spacial score (nSPS) is 9.92. The Balaban J connectivity index is 1.52. The highest BCUT2D eigenvalue weighted by molar-refractivity contribution is 5.51. The molecule has 0 amide bonds. The van der Waals surface area contributed by atoms with E-state index in [0.29, 0.717) is 0 Å². The molecule has 25 heavy (non-hydrogen) atoms. The third-order valence-electron chi connectivity index (χ3n) is 4.10. The Bertz CT molecular complexity index is 826. The van der Waals surface area contributed by atoms with E-state index < -0.39 is 0 Å². The smallest absolute Gasteiger partial charge is 0.0400 e. The van der Waals surface area contributed by atoms with E-state index >= 15 is 0 Å². The number of anilines is 1. The van der Waals surface area contributed by atoms with E-state index in [4.69, 9.17) is 0 Å². The van der Waals surface area contributed by atoms with Crippen LogP contribution in [0.4, 0.5) is 5.69 Å². The number of hydrogen-bond donors (Lipinski definition) is 1. The number of hydrogen-bond acceptors (Lipinski definition) is 1. The second-order valence-electron chi connectivity index (χ2n) is 6.02. The number of nitrogens with one attached hydrogen (secondary N) is 1. The van der Waals surface area contributed by atoms with E-state index in [1.54, 1.807) is 0 Å². The predicted molar refractivity (Wildman–Crippen MR) is 106 cm³/mol. The monoisotopic (exact) mass is 325 g/mol. The van der Waals surface area contributed by atoms with Gasteiger partial charge >= 0.3 is 0 Å². The Labute approximate surface area is 150 Å². The molecule has 1 N–H and O–H groups in total. The van der Waals surface area contributed by atoms with Crippen LogP contribution in [0.2, 0.25) is 0 Å². The molecule has 0 unspecified atom stereocenters. The minimum Gasteiger partial charge on any atom is -0.381 e. The lowest BCUT2D eigenvalue weighted by atomic mass is 10.1. The minimum absolute atomic E-state index is 0.853. The van der Waals surface area contributed by atoms with E-state index in [-0.39, 0.29) is 0 Å². The molecule has 0 heterocycles. The van der Waals surface area contributed by atoms with Crippen LogP contribution in [0.1, 0.15) is 29.5 Å². The summed E-state index contributed by atoms with van der Waals surface area (Å²) in [7, 11) is 0. The molecule has 0 aliphatic heterocycles. The number of aryl methyl sites for hydroxylation is 1. The van der Waals surface area contributed by atoms with E-state index in [0.717, 1.165) is 31.4 Å². The highest BCUT2D eigenvalue weighted by atomic mass is 14.9. The fourth-order valence-corrected chi connectivity index (χ4v) is 2.76. The molecule has 0 aliphatic rings. The highest BCUT2D eigenvalue weighted by Gasteiger charge is 2.01. The summed E-state index contributed by atoms with van der Waals surface area (Å²) in [5.41, 5.74) is 4.97. The van der Waals surface area contributed by atoms with Crippen molar-refractivity contribution in [2.45, 2.75) is 25.8 Å². The SMILES string of the molecule is C(#Cc1ccccc1)CCCc1ccccc1NCc1ccccc1. The molecular weight excluding hydrogens is 302 g/mol. The van der Waals surface area contributed by atoms with Gasteiger partial charge in [-0.3, -0.25) is 0 Å². The number of benzene rings is 3. The molecule has 0 spiro atoms. The molecule has 0 saturated heterocycles. The summed E-state index contributed by atoms with van der Waals surface area (Å²) in [6, 6.07) is 29.2. The van der Waals surface area contributed by atoms with Gasteiger partial charge in [0.2, 0.25) is 0 Å². The van der Waals surface area contributed by atoms with Gasteiger partial charge in [0.1, 0.15) is 0 Å². The third kappa shape index (κ3) is 5.55. The minimum atomic E-state index is 0.853. The van der Waals surface area contributed by atoms with Crippen molar-refractivity contribution < 1.29 is 0 Å². The molecule has 0 atom stereocenters. The van der Waals surface area contributed by atoms with Crippen LogP contribution in [0, 0.1) is 11.8 Å². The van der Waals surface area contributed by atoms with E-state index in [2.05, 4.69) is 77.8 Å². The first-order chi connectivity index (χ1) is 12.4. The second-order valence-corrected chi connectivity index (χ2v) is 6.02. The van der Waals surface area contributed by atoms with Gasteiger partial charge in [-0.05, 0) is 42.2 Å². The predicted octanol–water partition coefficient (Wildman–Crippen LogP) is 5.67. The van der Waals surface area contributed by atoms with Crippen LogP contribution < -0.4 is 5.32 Å². The Kier molecular flexibility index (Phi) is 6.31. The topological polar surface area (TPSA) is 12.0 Å². The van der Waals surface area contributed by atoms with Crippen molar-refractivity contribution in [1.82, 2.24) is 0 Å². The van der Waals surface area contributed by atoms with E-state index in [1.165, 1.54) is 16.8 Å². The van der Waals surface area contributed by atoms with Crippen LogP contribution in [0.5, 0.6) is 0 Å². The average molecular weight is 325 g/mol. The molecule has 0 radical (unpaired) electrons. The first kappa shape index (κ1) is 16.9. The molecule has 3 rings (SSSR count). The highest BCUT2D eigenvalue weighted by Crippen LogP contribution is 2.18. The van der Waals surface area contributed by atoms with E-state index in [1.807, 2.05) is 24.3 Å². The molecule has 1 nitrogen and oxygen atoms in total. The summed E-state index contributed by atoms with van der Waals surface area (Å²) in [5, 5.41) is 3.56. The summed E-state index contributed by atoms with van der Waals surface area (Å²) in [6.07, 6.45) is 3.03. The molecular formula is C24H23N. The molecule has 0 aromatic heterocycles. The molecule has 0 saturated carbocycles. The maximum absolute atomic E-state index is 3.56. The standard InChI is InChI=1S/C24H23N/c1-4-12-21(13-5-1)14-6-3-9-17-23-18-10-11-19-24(23)25-20-22-15-7-2-8-16-22/h1-2,4-5,7-8,10-13,15-16,18-19,25H,3,9,17,20H2. The Morgan fingerprint density at radius 3 is 2.20 bits per heavy atom. The maximum atomic E-state index is 3.56. The molecule has 1 heteroatoms. The Morgan fingerprint density at radius 1 is 0.720 bits per heavy atom. The lowest BCUT2D eigenvalue weighted by Gasteiger charge is -2.11. The zero-order valence-corrected chi connectivity index (χ0v) is 14.4. The van der Waals surface area contributed by atoms with Gasteiger partial charge in [-0.1, -0.05) is 78.6 Å². The quantitative estimate of drug-likeness (QED) is 0.454. The van der Waals surface area contributed by atoms with Crippen molar-refractivity contribution in [3.8, 4) is 11.8 Å². The van der Waals surface area contributed by atoms with Gasteiger partial charge in [-0.2, -0.15) is 0 Å². The van der Waals surface area contributed by atoms with Gasteiger partial charge in [0, 0.05) is 24.2 Å². The molecule has 3 aromatic rings. The van der Waals surface area contributed by atoms with Gasteiger partial charge in [0.15, 0.2) is 0 Å². The average Bonchev–Trinajstić information content (AvgIpc) is 2.68. The van der Waals surface area contributed by atoms with E-state index in [9.17, 15) is 0 Å². The molecule has 0 aliphatic carbocycles. The number of para-hydroxylation sites is 1.